The van der Waals surface area contributed by atoms with Crippen LogP contribution in [0.3, 0.4) is 0 Å². The van der Waals surface area contributed by atoms with Crippen molar-refractivity contribution >= 4 is 15.7 Å². The lowest BCUT2D eigenvalue weighted by Gasteiger charge is -2.26. The Bertz CT molecular complexity index is 1220. The molecular formula is C24H24N2O4S. The summed E-state index contributed by atoms with van der Waals surface area (Å²) in [4.78, 5) is 17.1. The number of aromatic nitrogens is 1. The van der Waals surface area contributed by atoms with Gasteiger partial charge in [-0.25, -0.2) is 8.42 Å². The Morgan fingerprint density at radius 2 is 1.81 bits per heavy atom. The summed E-state index contributed by atoms with van der Waals surface area (Å²) in [6.45, 7) is 3.52. The first-order valence-corrected chi connectivity index (χ1v) is 11.9. The molecule has 0 atom stereocenters. The van der Waals surface area contributed by atoms with E-state index in [0.717, 1.165) is 36.3 Å². The molecule has 2 heterocycles. The number of hydrogen-bond acceptors (Lipinski definition) is 5. The van der Waals surface area contributed by atoms with E-state index in [1.165, 1.54) is 11.6 Å². The molecular weight excluding hydrogens is 412 g/mol. The first kappa shape index (κ1) is 21.2. The van der Waals surface area contributed by atoms with E-state index in [-0.39, 0.29) is 17.3 Å². The first-order valence-electron chi connectivity index (χ1n) is 10.0. The monoisotopic (exact) mass is 436 g/mol. The molecule has 1 aliphatic rings. The Labute approximate surface area is 182 Å². The highest BCUT2D eigenvalue weighted by atomic mass is 32.2. The predicted octanol–water partition coefficient (Wildman–Crippen LogP) is 3.50. The molecule has 31 heavy (non-hydrogen) atoms. The van der Waals surface area contributed by atoms with E-state index in [2.05, 4.69) is 34.6 Å². The molecule has 0 aliphatic carbocycles. The van der Waals surface area contributed by atoms with Crippen LogP contribution in [0.15, 0.2) is 65.7 Å². The van der Waals surface area contributed by atoms with Gasteiger partial charge in [-0.1, -0.05) is 30.3 Å². The first-order chi connectivity index (χ1) is 14.8. The fourth-order valence-electron chi connectivity index (χ4n) is 3.54. The molecule has 6 nitrogen and oxygen atoms in total. The second-order valence-corrected chi connectivity index (χ2v) is 9.81. The van der Waals surface area contributed by atoms with Crippen LogP contribution in [0, 0.1) is 6.92 Å². The van der Waals surface area contributed by atoms with Gasteiger partial charge in [-0.3, -0.25) is 9.78 Å². The van der Waals surface area contributed by atoms with Crippen molar-refractivity contribution < 1.29 is 17.9 Å². The van der Waals surface area contributed by atoms with Crippen molar-refractivity contribution in [2.75, 3.05) is 19.5 Å². The number of amides is 1. The summed E-state index contributed by atoms with van der Waals surface area (Å²) in [6, 6.07) is 17.0. The van der Waals surface area contributed by atoms with Gasteiger partial charge >= 0.3 is 0 Å². The van der Waals surface area contributed by atoms with Crippen LogP contribution >= 0.6 is 0 Å². The van der Waals surface area contributed by atoms with Gasteiger partial charge in [0, 0.05) is 23.9 Å². The molecule has 1 aliphatic heterocycles. The normalized spacial score (nSPS) is 14.1. The highest BCUT2D eigenvalue weighted by Crippen LogP contribution is 2.27. The minimum absolute atomic E-state index is 0.164. The number of benzene rings is 2. The molecule has 1 N–H and O–H groups in total. The molecule has 7 heteroatoms. The number of rotatable bonds is 6. The van der Waals surface area contributed by atoms with Gasteiger partial charge in [0.25, 0.3) is 5.91 Å². The number of nitrogens with zero attached hydrogens (tertiary/aromatic N) is 1. The summed E-state index contributed by atoms with van der Waals surface area (Å²) >= 11 is 0. The molecule has 160 valence electrons. The SMILES string of the molecule is Cc1ccc(C(=O)NCc2cc(-c3ccc(C4COC4)cc3)ccn2)cc1S(C)(=O)=O. The van der Waals surface area contributed by atoms with Gasteiger partial charge < -0.3 is 10.1 Å². The molecule has 1 aromatic heterocycles. The van der Waals surface area contributed by atoms with E-state index < -0.39 is 9.84 Å². The lowest BCUT2D eigenvalue weighted by atomic mass is 9.95. The summed E-state index contributed by atoms with van der Waals surface area (Å²) in [7, 11) is -3.40. The van der Waals surface area contributed by atoms with Crippen LogP contribution in [0.25, 0.3) is 11.1 Å². The highest BCUT2D eigenvalue weighted by molar-refractivity contribution is 7.90. The molecule has 4 rings (SSSR count). The van der Waals surface area contributed by atoms with Crippen molar-refractivity contribution in [3.05, 3.63) is 83.2 Å². The van der Waals surface area contributed by atoms with Crippen molar-refractivity contribution in [1.82, 2.24) is 10.3 Å². The molecule has 0 saturated carbocycles. The molecule has 1 fully saturated rings. The highest BCUT2D eigenvalue weighted by Gasteiger charge is 2.20. The van der Waals surface area contributed by atoms with Gasteiger partial charge in [-0.2, -0.15) is 0 Å². The predicted molar refractivity (Wildman–Crippen MR) is 119 cm³/mol. The summed E-state index contributed by atoms with van der Waals surface area (Å²) < 4.78 is 29.1. The number of sulfone groups is 1. The Hall–Kier alpha value is -3.03. The van der Waals surface area contributed by atoms with E-state index in [1.54, 1.807) is 25.3 Å². The lowest BCUT2D eigenvalue weighted by molar-refractivity contribution is 0.00843. The number of aryl methyl sites for hydroxylation is 1. The van der Waals surface area contributed by atoms with Crippen LogP contribution in [0.2, 0.25) is 0 Å². The number of nitrogens with one attached hydrogen (secondary N) is 1. The van der Waals surface area contributed by atoms with E-state index in [0.29, 0.717) is 17.0 Å². The van der Waals surface area contributed by atoms with Gasteiger partial charge in [0.2, 0.25) is 0 Å². The lowest BCUT2D eigenvalue weighted by Crippen LogP contribution is -2.24. The van der Waals surface area contributed by atoms with Crippen molar-refractivity contribution in [1.29, 1.82) is 0 Å². The topological polar surface area (TPSA) is 85.4 Å². The Balaban J connectivity index is 1.45. The van der Waals surface area contributed by atoms with Gasteiger partial charge in [-0.15, -0.1) is 0 Å². The third-order valence-electron chi connectivity index (χ3n) is 5.45. The zero-order valence-corrected chi connectivity index (χ0v) is 18.3. The zero-order chi connectivity index (χ0) is 22.0. The third-order valence-corrected chi connectivity index (χ3v) is 6.69. The third kappa shape index (κ3) is 4.84. The number of ether oxygens (including phenoxy) is 1. The summed E-state index contributed by atoms with van der Waals surface area (Å²) in [6.07, 6.45) is 2.86. The molecule has 1 amide bonds. The minimum Gasteiger partial charge on any atom is -0.380 e. The van der Waals surface area contributed by atoms with Crippen LogP contribution in [0.4, 0.5) is 0 Å². The van der Waals surface area contributed by atoms with E-state index in [9.17, 15) is 13.2 Å². The number of carbonyl (C=O) groups is 1. The maximum Gasteiger partial charge on any atom is 0.251 e. The van der Waals surface area contributed by atoms with Crippen LogP contribution < -0.4 is 5.32 Å². The largest absolute Gasteiger partial charge is 0.380 e. The number of carbonyl (C=O) groups excluding carboxylic acids is 1. The molecule has 3 aromatic rings. The quantitative estimate of drug-likeness (QED) is 0.639. The van der Waals surface area contributed by atoms with E-state index in [1.807, 2.05) is 12.1 Å². The minimum atomic E-state index is -3.40. The molecule has 0 bridgehead atoms. The Morgan fingerprint density at radius 3 is 2.45 bits per heavy atom. The summed E-state index contributed by atoms with van der Waals surface area (Å²) in [5.41, 5.74) is 5.02. The van der Waals surface area contributed by atoms with Gasteiger partial charge in [0.15, 0.2) is 9.84 Å². The summed E-state index contributed by atoms with van der Waals surface area (Å²) in [5.74, 6) is 0.145. The van der Waals surface area contributed by atoms with Crippen LogP contribution in [0.5, 0.6) is 0 Å². The van der Waals surface area contributed by atoms with E-state index >= 15 is 0 Å². The number of pyridine rings is 1. The molecule has 2 aromatic carbocycles. The average Bonchev–Trinajstić information content (AvgIpc) is 2.71. The molecule has 1 saturated heterocycles. The standard InChI is InChI=1S/C24H24N2O4S/c1-16-3-4-20(12-23(16)31(2,28)29)24(27)26-13-22-11-19(9-10-25-22)17-5-7-18(8-6-17)21-14-30-15-21/h3-12,21H,13-15H2,1-2H3,(H,26,27). The second kappa shape index (κ2) is 8.61. The van der Waals surface area contributed by atoms with Gasteiger partial charge in [0.1, 0.15) is 0 Å². The van der Waals surface area contributed by atoms with Gasteiger partial charge in [0.05, 0.1) is 30.3 Å². The molecule has 0 radical (unpaired) electrons. The van der Waals surface area contributed by atoms with Crippen molar-refractivity contribution in [2.24, 2.45) is 0 Å². The smallest absolute Gasteiger partial charge is 0.251 e. The van der Waals surface area contributed by atoms with Crippen LogP contribution in [-0.2, 0) is 21.1 Å². The molecule has 0 spiro atoms. The zero-order valence-electron chi connectivity index (χ0n) is 17.5. The Kier molecular flexibility index (Phi) is 5.89. The second-order valence-electron chi connectivity index (χ2n) is 7.83. The maximum atomic E-state index is 12.6. The average molecular weight is 437 g/mol. The van der Waals surface area contributed by atoms with Crippen LogP contribution in [-0.4, -0.2) is 38.8 Å². The van der Waals surface area contributed by atoms with Crippen LogP contribution in [0.1, 0.15) is 33.1 Å². The summed E-state index contributed by atoms with van der Waals surface area (Å²) in [5, 5.41) is 2.82. The maximum absolute atomic E-state index is 12.6. The fraction of sp³-hybridized carbons (Fsp3) is 0.250. The van der Waals surface area contributed by atoms with Crippen molar-refractivity contribution in [2.45, 2.75) is 24.3 Å². The molecule has 0 unspecified atom stereocenters. The van der Waals surface area contributed by atoms with Crippen molar-refractivity contribution in [3.8, 4) is 11.1 Å². The van der Waals surface area contributed by atoms with Crippen molar-refractivity contribution in [3.63, 3.8) is 0 Å². The number of hydrogen-bond donors (Lipinski definition) is 1. The van der Waals surface area contributed by atoms with E-state index in [4.69, 9.17) is 4.74 Å². The fourth-order valence-corrected chi connectivity index (χ4v) is 4.54. The van der Waals surface area contributed by atoms with Gasteiger partial charge in [-0.05, 0) is 53.4 Å². The Morgan fingerprint density at radius 1 is 1.06 bits per heavy atom.